The Morgan fingerprint density at radius 2 is 1.57 bits per heavy atom. The molecule has 0 radical (unpaired) electrons. The molecule has 46 heavy (non-hydrogen) atoms. The van der Waals surface area contributed by atoms with Crippen molar-refractivity contribution in [1.29, 1.82) is 0 Å². The summed E-state index contributed by atoms with van der Waals surface area (Å²) in [5, 5.41) is 6.27. The number of carbonyl (C=O) groups is 4. The molecular weight excluding hydrogens is 604 g/mol. The zero-order valence-corrected chi connectivity index (χ0v) is 26.8. The molecule has 0 aromatic heterocycles. The summed E-state index contributed by atoms with van der Waals surface area (Å²) in [5.74, 6) is -1.20. The molecule has 2 aliphatic heterocycles. The van der Waals surface area contributed by atoms with E-state index in [2.05, 4.69) is 27.7 Å². The number of nitrogens with zero attached hydrogens (tertiary/aromatic N) is 3. The first-order valence-electron chi connectivity index (χ1n) is 15.7. The maximum atomic E-state index is 13.8. The van der Waals surface area contributed by atoms with Gasteiger partial charge < -0.3 is 31.1 Å². The second kappa shape index (κ2) is 15.2. The van der Waals surface area contributed by atoms with E-state index in [1.165, 1.54) is 4.90 Å². The van der Waals surface area contributed by atoms with Crippen LogP contribution in [0.3, 0.4) is 0 Å². The Kier molecular flexibility index (Phi) is 10.9. The molecule has 4 amide bonds. The van der Waals surface area contributed by atoms with Crippen molar-refractivity contribution in [2.24, 2.45) is 5.73 Å². The van der Waals surface area contributed by atoms with Crippen LogP contribution in [-0.4, -0.2) is 78.2 Å². The van der Waals surface area contributed by atoms with Crippen LogP contribution in [0.4, 0.5) is 11.4 Å². The first-order valence-corrected chi connectivity index (χ1v) is 16.1. The lowest BCUT2D eigenvalue weighted by Crippen LogP contribution is -2.56. The van der Waals surface area contributed by atoms with Gasteiger partial charge in [-0.1, -0.05) is 54.1 Å². The van der Waals surface area contributed by atoms with Gasteiger partial charge in [0.05, 0.1) is 0 Å². The number of amides is 4. The van der Waals surface area contributed by atoms with E-state index >= 15 is 0 Å². The van der Waals surface area contributed by atoms with Gasteiger partial charge in [0.1, 0.15) is 12.1 Å². The number of para-hydroxylation sites is 1. The molecule has 0 spiro atoms. The average Bonchev–Trinajstić information content (AvgIpc) is 3.08. The summed E-state index contributed by atoms with van der Waals surface area (Å²) in [6.07, 6.45) is 0.575. The molecule has 2 atom stereocenters. The number of piperazine rings is 1. The average molecular weight is 645 g/mol. The third kappa shape index (κ3) is 8.05. The Hall–Kier alpha value is -4.41. The normalized spacial score (nSPS) is 16.8. The van der Waals surface area contributed by atoms with Crippen molar-refractivity contribution in [3.05, 3.63) is 94.5 Å². The van der Waals surface area contributed by atoms with Gasteiger partial charge in [-0.2, -0.15) is 0 Å². The fourth-order valence-corrected chi connectivity index (χ4v) is 6.16. The van der Waals surface area contributed by atoms with Crippen LogP contribution in [0.1, 0.15) is 36.0 Å². The van der Waals surface area contributed by atoms with E-state index < -0.39 is 23.9 Å². The molecule has 0 aliphatic carbocycles. The standard InChI is InChI=1S/C35H41ClN6O4/c1-24-21-27(11-12-29(24)36)38-34(45)30(15-16-37)39-35(46)31-22-25-7-5-6-8-26(25)23-42(31)33(44)14-13-32(43)41-19-17-40(18-20-41)28-9-3-2-4-10-28/h2-12,21,30-31H,13-20,22-23,37H2,1H3,(H,38,45)(H,39,46)/t30-,31-/m0/s1. The van der Waals surface area contributed by atoms with Crippen molar-refractivity contribution in [3.8, 4) is 0 Å². The predicted molar refractivity (Wildman–Crippen MR) is 179 cm³/mol. The van der Waals surface area contributed by atoms with E-state index in [4.69, 9.17) is 17.3 Å². The van der Waals surface area contributed by atoms with E-state index in [-0.39, 0.29) is 44.2 Å². The summed E-state index contributed by atoms with van der Waals surface area (Å²) >= 11 is 6.12. The summed E-state index contributed by atoms with van der Waals surface area (Å²) in [6, 6.07) is 21.2. The van der Waals surface area contributed by atoms with Crippen LogP contribution in [0.25, 0.3) is 0 Å². The molecule has 10 nitrogen and oxygen atoms in total. The lowest BCUT2D eigenvalue weighted by Gasteiger charge is -2.37. The maximum absolute atomic E-state index is 13.8. The van der Waals surface area contributed by atoms with Gasteiger partial charge in [0, 0.05) is 68.4 Å². The minimum Gasteiger partial charge on any atom is -0.368 e. The van der Waals surface area contributed by atoms with Crippen molar-refractivity contribution < 1.29 is 19.2 Å². The highest BCUT2D eigenvalue weighted by Crippen LogP contribution is 2.25. The number of anilines is 2. The molecule has 2 heterocycles. The predicted octanol–water partition coefficient (Wildman–Crippen LogP) is 3.50. The SMILES string of the molecule is Cc1cc(NC(=O)[C@H](CCN)NC(=O)[C@@H]2Cc3ccccc3CN2C(=O)CCC(=O)N2CCN(c3ccccc3)CC2)ccc1Cl. The van der Waals surface area contributed by atoms with Gasteiger partial charge in [0.25, 0.3) is 0 Å². The topological polar surface area (TPSA) is 128 Å². The number of halogens is 1. The fourth-order valence-electron chi connectivity index (χ4n) is 6.04. The third-order valence-electron chi connectivity index (χ3n) is 8.69. The first-order chi connectivity index (χ1) is 22.2. The van der Waals surface area contributed by atoms with Gasteiger partial charge >= 0.3 is 0 Å². The molecular formula is C35H41ClN6O4. The van der Waals surface area contributed by atoms with E-state index in [1.54, 1.807) is 23.1 Å². The monoisotopic (exact) mass is 644 g/mol. The summed E-state index contributed by atoms with van der Waals surface area (Å²) in [4.78, 5) is 59.4. The Labute approximate surface area is 274 Å². The van der Waals surface area contributed by atoms with Gasteiger partial charge in [-0.25, -0.2) is 0 Å². The molecule has 5 rings (SSSR count). The van der Waals surface area contributed by atoms with Crippen LogP contribution in [0.2, 0.25) is 5.02 Å². The summed E-state index contributed by atoms with van der Waals surface area (Å²) in [5.41, 5.74) is 10.2. The third-order valence-corrected chi connectivity index (χ3v) is 9.12. The number of carbonyl (C=O) groups excluding carboxylic acids is 4. The lowest BCUT2D eigenvalue weighted by molar-refractivity contribution is -0.144. The van der Waals surface area contributed by atoms with Crippen LogP contribution in [-0.2, 0) is 32.1 Å². The number of hydrogen-bond donors (Lipinski definition) is 3. The maximum Gasteiger partial charge on any atom is 0.246 e. The lowest BCUT2D eigenvalue weighted by atomic mass is 9.92. The molecule has 11 heteroatoms. The molecule has 3 aromatic rings. The van der Waals surface area contributed by atoms with Gasteiger partial charge in [-0.05, 0) is 66.9 Å². The molecule has 4 N–H and O–H groups in total. The van der Waals surface area contributed by atoms with Crippen LogP contribution in [0.5, 0.6) is 0 Å². The van der Waals surface area contributed by atoms with Gasteiger partial charge in [0.2, 0.25) is 23.6 Å². The highest BCUT2D eigenvalue weighted by atomic mass is 35.5. The van der Waals surface area contributed by atoms with Crippen molar-refractivity contribution in [3.63, 3.8) is 0 Å². The Balaban J connectivity index is 1.22. The second-order valence-electron chi connectivity index (χ2n) is 11.8. The number of hydrogen-bond acceptors (Lipinski definition) is 6. The summed E-state index contributed by atoms with van der Waals surface area (Å²) in [6.45, 7) is 4.89. The number of fused-ring (bicyclic) bond motifs is 1. The quantitative estimate of drug-likeness (QED) is 0.310. The summed E-state index contributed by atoms with van der Waals surface area (Å²) in [7, 11) is 0. The van der Waals surface area contributed by atoms with Crippen molar-refractivity contribution >= 4 is 46.6 Å². The largest absolute Gasteiger partial charge is 0.368 e. The number of rotatable bonds is 10. The first kappa shape index (κ1) is 33.0. The zero-order valence-electron chi connectivity index (χ0n) is 26.1. The van der Waals surface area contributed by atoms with Crippen molar-refractivity contribution in [2.75, 3.05) is 42.9 Å². The van der Waals surface area contributed by atoms with E-state index in [1.807, 2.05) is 49.4 Å². The fraction of sp³-hybridized carbons (Fsp3) is 0.371. The van der Waals surface area contributed by atoms with Crippen molar-refractivity contribution in [1.82, 2.24) is 15.1 Å². The minimum atomic E-state index is -0.904. The van der Waals surface area contributed by atoms with E-state index in [9.17, 15) is 19.2 Å². The Morgan fingerprint density at radius 1 is 0.891 bits per heavy atom. The molecule has 0 bridgehead atoms. The van der Waals surface area contributed by atoms with Gasteiger partial charge in [0.15, 0.2) is 0 Å². The molecule has 1 saturated heterocycles. The van der Waals surface area contributed by atoms with Crippen LogP contribution in [0, 0.1) is 6.92 Å². The Bertz CT molecular complexity index is 1560. The molecule has 3 aromatic carbocycles. The zero-order chi connectivity index (χ0) is 32.6. The van der Waals surface area contributed by atoms with Crippen LogP contribution in [0.15, 0.2) is 72.8 Å². The number of benzene rings is 3. The molecule has 0 saturated carbocycles. The minimum absolute atomic E-state index is 0.00763. The number of nitrogens with one attached hydrogen (secondary N) is 2. The van der Waals surface area contributed by atoms with Crippen LogP contribution >= 0.6 is 11.6 Å². The molecule has 2 aliphatic rings. The smallest absolute Gasteiger partial charge is 0.246 e. The highest BCUT2D eigenvalue weighted by Gasteiger charge is 2.36. The van der Waals surface area contributed by atoms with Gasteiger partial charge in [-0.15, -0.1) is 0 Å². The number of nitrogens with two attached hydrogens (primary N) is 1. The van der Waals surface area contributed by atoms with Gasteiger partial charge in [-0.3, -0.25) is 19.2 Å². The van der Waals surface area contributed by atoms with Crippen LogP contribution < -0.4 is 21.3 Å². The molecule has 242 valence electrons. The van der Waals surface area contributed by atoms with Crippen molar-refractivity contribution in [2.45, 2.75) is 51.2 Å². The Morgan fingerprint density at radius 3 is 2.26 bits per heavy atom. The van der Waals surface area contributed by atoms with E-state index in [0.717, 1.165) is 35.5 Å². The highest BCUT2D eigenvalue weighted by molar-refractivity contribution is 6.31. The molecule has 0 unspecified atom stereocenters. The molecule has 1 fully saturated rings. The summed E-state index contributed by atoms with van der Waals surface area (Å²) < 4.78 is 0. The second-order valence-corrected chi connectivity index (χ2v) is 12.2. The van der Waals surface area contributed by atoms with E-state index in [0.29, 0.717) is 30.2 Å². The number of aryl methyl sites for hydroxylation is 1.